The third-order valence-corrected chi connectivity index (χ3v) is 12.6. The van der Waals surface area contributed by atoms with Crippen molar-refractivity contribution >= 4 is 77.6 Å². The summed E-state index contributed by atoms with van der Waals surface area (Å²) >= 11 is 0. The second kappa shape index (κ2) is 16.2. The Kier molecular flexibility index (Phi) is 9.50. The number of rotatable bonds is 9. The molecule has 0 bridgehead atoms. The maximum atomic E-state index is 7.24. The number of nitrogens with zero attached hydrogens (tertiary/aromatic N) is 2. The van der Waals surface area contributed by atoms with E-state index in [0.29, 0.717) is 0 Å². The van der Waals surface area contributed by atoms with E-state index in [-0.39, 0.29) is 0 Å². The molecule has 3 nitrogen and oxygen atoms in total. The second-order valence-corrected chi connectivity index (χ2v) is 16.5. The Labute approximate surface area is 378 Å². The zero-order valence-corrected chi connectivity index (χ0v) is 35.6. The Morgan fingerprint density at radius 1 is 0.277 bits per heavy atom. The molecule has 0 aliphatic heterocycles. The highest BCUT2D eigenvalue weighted by molar-refractivity contribution is 6.20. The smallest absolute Gasteiger partial charge is 0.161 e. The zero-order valence-electron chi connectivity index (χ0n) is 35.6. The highest BCUT2D eigenvalue weighted by Crippen LogP contribution is 2.50. The lowest BCUT2D eigenvalue weighted by atomic mass is 9.90. The van der Waals surface area contributed by atoms with E-state index in [1.807, 2.05) is 0 Å². The van der Waals surface area contributed by atoms with E-state index in [4.69, 9.17) is 4.42 Å². The van der Waals surface area contributed by atoms with Gasteiger partial charge in [-0.3, -0.25) is 0 Å². The summed E-state index contributed by atoms with van der Waals surface area (Å²) in [5.74, 6) is 0. The molecule has 0 spiro atoms. The molecule has 1 heterocycles. The Balaban J connectivity index is 1.12. The molecule has 0 atom stereocenters. The summed E-state index contributed by atoms with van der Waals surface area (Å²) in [6, 6.07) is 91.2. The molecule has 0 amide bonds. The van der Waals surface area contributed by atoms with Crippen LogP contribution in [0.1, 0.15) is 0 Å². The van der Waals surface area contributed by atoms with Crippen LogP contribution < -0.4 is 9.80 Å². The number of fused-ring (bicyclic) bond motifs is 5. The van der Waals surface area contributed by atoms with E-state index < -0.39 is 0 Å². The zero-order chi connectivity index (χ0) is 43.1. The normalized spacial score (nSPS) is 11.4. The van der Waals surface area contributed by atoms with Crippen LogP contribution >= 0.6 is 0 Å². The lowest BCUT2D eigenvalue weighted by molar-refractivity contribution is 0.669. The lowest BCUT2D eigenvalue weighted by Crippen LogP contribution is -2.13. The van der Waals surface area contributed by atoms with Crippen molar-refractivity contribution in [3.8, 4) is 33.4 Å². The molecule has 0 radical (unpaired) electrons. The van der Waals surface area contributed by atoms with E-state index in [1.54, 1.807) is 0 Å². The van der Waals surface area contributed by atoms with Crippen LogP contribution in [0.2, 0.25) is 0 Å². The summed E-state index contributed by atoms with van der Waals surface area (Å²) in [6.45, 7) is 0. The minimum atomic E-state index is 0.804. The number of furan rings is 1. The third kappa shape index (κ3) is 6.87. The first-order chi connectivity index (χ1) is 32.2. The fourth-order valence-corrected chi connectivity index (χ4v) is 9.56. The number of benzene rings is 11. The van der Waals surface area contributed by atoms with Gasteiger partial charge < -0.3 is 14.2 Å². The van der Waals surface area contributed by atoms with Crippen molar-refractivity contribution < 1.29 is 4.42 Å². The van der Waals surface area contributed by atoms with Crippen LogP contribution in [0.15, 0.2) is 259 Å². The third-order valence-electron chi connectivity index (χ3n) is 12.6. The highest BCUT2D eigenvalue weighted by Gasteiger charge is 2.26. The molecule has 0 N–H and O–H groups in total. The average molecular weight is 831 g/mol. The van der Waals surface area contributed by atoms with Crippen LogP contribution in [-0.4, -0.2) is 0 Å². The first-order valence-corrected chi connectivity index (χ1v) is 22.2. The van der Waals surface area contributed by atoms with Gasteiger partial charge in [-0.15, -0.1) is 0 Å². The van der Waals surface area contributed by atoms with Crippen molar-refractivity contribution in [3.05, 3.63) is 255 Å². The average Bonchev–Trinajstić information content (AvgIpc) is 3.76. The Morgan fingerprint density at radius 2 is 0.785 bits per heavy atom. The predicted octanol–water partition coefficient (Wildman–Crippen LogP) is 17.8. The molecule has 11 aromatic carbocycles. The summed E-state index contributed by atoms with van der Waals surface area (Å²) in [5.41, 5.74) is 14.8. The summed E-state index contributed by atoms with van der Waals surface area (Å²) in [5, 5.41) is 6.83. The fraction of sp³-hybridized carbons (Fsp3) is 0. The first kappa shape index (κ1) is 38.0. The molecule has 12 rings (SSSR count). The van der Waals surface area contributed by atoms with Gasteiger partial charge in [0.1, 0.15) is 5.58 Å². The van der Waals surface area contributed by atoms with Gasteiger partial charge in [-0.25, -0.2) is 0 Å². The van der Waals surface area contributed by atoms with Crippen molar-refractivity contribution in [1.82, 2.24) is 0 Å². The predicted molar refractivity (Wildman–Crippen MR) is 274 cm³/mol. The van der Waals surface area contributed by atoms with Gasteiger partial charge in [-0.05, 0) is 128 Å². The molecule has 1 aromatic heterocycles. The van der Waals surface area contributed by atoms with Crippen LogP contribution in [0.4, 0.5) is 34.1 Å². The highest BCUT2D eigenvalue weighted by atomic mass is 16.3. The van der Waals surface area contributed by atoms with E-state index in [9.17, 15) is 0 Å². The van der Waals surface area contributed by atoms with Crippen LogP contribution in [0.3, 0.4) is 0 Å². The first-order valence-electron chi connectivity index (χ1n) is 22.2. The van der Waals surface area contributed by atoms with Gasteiger partial charge in [-0.2, -0.15) is 0 Å². The summed E-state index contributed by atoms with van der Waals surface area (Å²) in [4.78, 5) is 4.72. The molecule has 0 saturated carbocycles. The molecule has 0 unspecified atom stereocenters. The van der Waals surface area contributed by atoms with Crippen molar-refractivity contribution in [3.63, 3.8) is 0 Å². The molecule has 3 heteroatoms. The maximum absolute atomic E-state index is 7.24. The van der Waals surface area contributed by atoms with E-state index in [0.717, 1.165) is 78.0 Å². The topological polar surface area (TPSA) is 19.6 Å². The standard InChI is InChI=1S/C62H42N2O/c1-5-18-43(19-6-1)44-32-34-51(35-33-44)63(49-26-9-3-10-27-49)58-38-39-59(62-61(58)57-40-47-23-13-14-24-48(47)41-60(57)65-62)64(50-28-11-4-12-29-50)52-36-37-55(56(42-52)46-20-7-2-8-21-46)54-31-17-25-45-22-15-16-30-53(45)54/h1-42H. The molecule has 306 valence electrons. The quantitative estimate of drug-likeness (QED) is 0.144. The largest absolute Gasteiger partial charge is 0.454 e. The molecule has 0 aliphatic rings. The Morgan fingerprint density at radius 3 is 1.48 bits per heavy atom. The molecule has 65 heavy (non-hydrogen) atoms. The van der Waals surface area contributed by atoms with Crippen molar-refractivity contribution in [2.45, 2.75) is 0 Å². The Hall–Kier alpha value is -8.66. The Bertz CT molecular complexity index is 3630. The summed E-state index contributed by atoms with van der Waals surface area (Å²) in [6.07, 6.45) is 0. The lowest BCUT2D eigenvalue weighted by Gasteiger charge is -2.29. The second-order valence-electron chi connectivity index (χ2n) is 16.5. The van der Waals surface area contributed by atoms with E-state index in [2.05, 4.69) is 265 Å². The fourth-order valence-electron chi connectivity index (χ4n) is 9.56. The van der Waals surface area contributed by atoms with Crippen LogP contribution in [-0.2, 0) is 0 Å². The molecular weight excluding hydrogens is 789 g/mol. The molecule has 0 fully saturated rings. The summed E-state index contributed by atoms with van der Waals surface area (Å²) in [7, 11) is 0. The van der Waals surface area contributed by atoms with Crippen molar-refractivity contribution in [1.29, 1.82) is 0 Å². The number of para-hydroxylation sites is 2. The van der Waals surface area contributed by atoms with Gasteiger partial charge >= 0.3 is 0 Å². The van der Waals surface area contributed by atoms with Gasteiger partial charge in [0.15, 0.2) is 5.58 Å². The molecular formula is C62H42N2O. The van der Waals surface area contributed by atoms with Crippen molar-refractivity contribution in [2.24, 2.45) is 0 Å². The van der Waals surface area contributed by atoms with E-state index >= 15 is 0 Å². The van der Waals surface area contributed by atoms with Crippen LogP contribution in [0.25, 0.3) is 76.9 Å². The van der Waals surface area contributed by atoms with E-state index in [1.165, 1.54) is 33.0 Å². The van der Waals surface area contributed by atoms with Gasteiger partial charge in [0.05, 0.1) is 16.8 Å². The minimum absolute atomic E-state index is 0.804. The molecule has 12 aromatic rings. The maximum Gasteiger partial charge on any atom is 0.161 e. The van der Waals surface area contributed by atoms with Gasteiger partial charge in [0.2, 0.25) is 0 Å². The molecule has 0 aliphatic carbocycles. The minimum Gasteiger partial charge on any atom is -0.454 e. The van der Waals surface area contributed by atoms with Gasteiger partial charge in [0.25, 0.3) is 0 Å². The number of anilines is 6. The monoisotopic (exact) mass is 830 g/mol. The molecule has 0 saturated heterocycles. The van der Waals surface area contributed by atoms with Crippen molar-refractivity contribution in [2.75, 3.05) is 9.80 Å². The van der Waals surface area contributed by atoms with Crippen LogP contribution in [0, 0.1) is 0 Å². The number of hydrogen-bond acceptors (Lipinski definition) is 3. The van der Waals surface area contributed by atoms with Crippen LogP contribution in [0.5, 0.6) is 0 Å². The SMILES string of the molecule is c1ccc(-c2ccc(N(c3ccccc3)c3ccc(N(c4ccccc4)c4ccc(-c5cccc6ccccc56)c(-c5ccccc5)c4)c4oc5cc6ccccc6cc5c34)cc2)cc1. The summed E-state index contributed by atoms with van der Waals surface area (Å²) < 4.78 is 7.24. The van der Waals surface area contributed by atoms with Gasteiger partial charge in [-0.1, -0.05) is 182 Å². The number of hydrogen-bond donors (Lipinski definition) is 0. The van der Waals surface area contributed by atoms with Gasteiger partial charge in [0, 0.05) is 28.1 Å².